The van der Waals surface area contributed by atoms with E-state index in [2.05, 4.69) is 11.4 Å². The molecule has 150 valence electrons. The molecular weight excluding hydrogens is 416 g/mol. The average Bonchev–Trinajstić information content (AvgIpc) is 3.48. The van der Waals surface area contributed by atoms with Gasteiger partial charge >= 0.3 is 5.97 Å². The Kier molecular flexibility index (Phi) is 4.31. The highest BCUT2D eigenvalue weighted by molar-refractivity contribution is 7.15. The number of carbonyl (C=O) groups is 2. The molecule has 5 rings (SSSR count). The third-order valence-corrected chi connectivity index (χ3v) is 5.71. The maximum absolute atomic E-state index is 12.7. The molecule has 0 saturated carbocycles. The van der Waals surface area contributed by atoms with Crippen molar-refractivity contribution < 1.29 is 23.5 Å². The van der Waals surface area contributed by atoms with Crippen LogP contribution in [0.25, 0.3) is 33.3 Å². The van der Waals surface area contributed by atoms with Crippen LogP contribution in [0.2, 0.25) is 0 Å². The number of aromatic carboxylic acids is 1. The average molecular weight is 428 g/mol. The fourth-order valence-electron chi connectivity index (χ4n) is 3.39. The van der Waals surface area contributed by atoms with E-state index >= 15 is 0 Å². The van der Waals surface area contributed by atoms with Gasteiger partial charge in [0.15, 0.2) is 11.3 Å². The van der Waals surface area contributed by atoms with Crippen molar-refractivity contribution in [3.05, 3.63) is 76.9 Å². The van der Waals surface area contributed by atoms with Gasteiger partial charge in [-0.1, -0.05) is 30.3 Å². The van der Waals surface area contributed by atoms with Crippen LogP contribution >= 0.6 is 11.3 Å². The zero-order valence-corrected chi connectivity index (χ0v) is 16.5. The van der Waals surface area contributed by atoms with E-state index in [0.717, 1.165) is 16.7 Å². The van der Waals surface area contributed by atoms with Crippen molar-refractivity contribution in [1.82, 2.24) is 0 Å². The number of anilines is 1. The number of benzene rings is 2. The maximum Gasteiger partial charge on any atom is 0.339 e. The van der Waals surface area contributed by atoms with Crippen LogP contribution in [0.5, 0.6) is 0 Å². The van der Waals surface area contributed by atoms with E-state index in [9.17, 15) is 20.0 Å². The zero-order valence-electron chi connectivity index (χ0n) is 15.7. The number of nitrogens with one attached hydrogen (secondary N) is 1. The first-order chi connectivity index (χ1) is 15.0. The highest BCUT2D eigenvalue weighted by atomic mass is 32.1. The van der Waals surface area contributed by atoms with Crippen LogP contribution < -0.4 is 5.32 Å². The van der Waals surface area contributed by atoms with E-state index in [1.165, 1.54) is 0 Å². The first-order valence-electron chi connectivity index (χ1n) is 9.13. The number of para-hydroxylation sites is 2. The smallest absolute Gasteiger partial charge is 0.339 e. The monoisotopic (exact) mass is 428 g/mol. The summed E-state index contributed by atoms with van der Waals surface area (Å²) < 4.78 is 11.4. The molecule has 0 aliphatic heterocycles. The highest BCUT2D eigenvalue weighted by Gasteiger charge is 2.25. The quantitative estimate of drug-likeness (QED) is 0.378. The molecule has 8 heteroatoms. The Morgan fingerprint density at radius 2 is 1.84 bits per heavy atom. The molecule has 0 unspecified atom stereocenters. The number of hydrogen-bond acceptors (Lipinski definition) is 6. The lowest BCUT2D eigenvalue weighted by molar-refractivity contribution is 0.0699. The summed E-state index contributed by atoms with van der Waals surface area (Å²) in [6, 6.07) is 17.7. The third kappa shape index (κ3) is 3.13. The van der Waals surface area contributed by atoms with Gasteiger partial charge in [-0.25, -0.2) is 4.79 Å². The number of nitrogens with zero attached hydrogens (tertiary/aromatic N) is 1. The number of thiophene rings is 1. The molecule has 7 nitrogen and oxygen atoms in total. The SMILES string of the molecule is N#Cc1cccc2cc(-c3csc(NC(=O)c4cc5ccccc5o4)c3C(=O)O)oc12. The van der Waals surface area contributed by atoms with Gasteiger partial charge in [0.05, 0.1) is 5.56 Å². The predicted octanol–water partition coefficient (Wildman–Crippen LogP) is 5.73. The van der Waals surface area contributed by atoms with E-state index in [0.29, 0.717) is 33.4 Å². The van der Waals surface area contributed by atoms with Crippen molar-refractivity contribution in [3.8, 4) is 17.4 Å². The topological polar surface area (TPSA) is 116 Å². The lowest BCUT2D eigenvalue weighted by Crippen LogP contribution is -2.12. The summed E-state index contributed by atoms with van der Waals surface area (Å²) in [6.07, 6.45) is 0. The van der Waals surface area contributed by atoms with E-state index in [-0.39, 0.29) is 16.3 Å². The fraction of sp³-hybridized carbons (Fsp3) is 0. The molecule has 1 amide bonds. The first kappa shape index (κ1) is 18.7. The maximum atomic E-state index is 12.7. The number of hydrogen-bond donors (Lipinski definition) is 2. The van der Waals surface area contributed by atoms with Crippen LogP contribution in [0, 0.1) is 11.3 Å². The van der Waals surface area contributed by atoms with Crippen LogP contribution in [0.15, 0.2) is 68.8 Å². The molecule has 0 atom stereocenters. The molecule has 0 bridgehead atoms. The van der Waals surface area contributed by atoms with Crippen LogP contribution in [0.4, 0.5) is 5.00 Å². The summed E-state index contributed by atoms with van der Waals surface area (Å²) in [4.78, 5) is 24.7. The molecule has 3 aromatic heterocycles. The van der Waals surface area contributed by atoms with Crippen molar-refractivity contribution in [2.24, 2.45) is 0 Å². The molecule has 2 aromatic carbocycles. The Bertz CT molecular complexity index is 1500. The Morgan fingerprint density at radius 3 is 2.61 bits per heavy atom. The largest absolute Gasteiger partial charge is 0.478 e. The molecule has 3 heterocycles. The van der Waals surface area contributed by atoms with E-state index in [4.69, 9.17) is 8.83 Å². The number of carboxylic acid groups (broad SMARTS) is 1. The van der Waals surface area contributed by atoms with Crippen molar-refractivity contribution in [3.63, 3.8) is 0 Å². The Balaban J connectivity index is 1.53. The minimum atomic E-state index is -1.21. The second kappa shape index (κ2) is 7.16. The van der Waals surface area contributed by atoms with E-state index < -0.39 is 11.9 Å². The number of nitriles is 1. The number of fused-ring (bicyclic) bond motifs is 2. The van der Waals surface area contributed by atoms with Gasteiger partial charge in [0.2, 0.25) is 0 Å². The Labute approximate surface area is 178 Å². The van der Waals surface area contributed by atoms with Crippen molar-refractivity contribution in [1.29, 1.82) is 5.26 Å². The van der Waals surface area contributed by atoms with Crippen molar-refractivity contribution in [2.45, 2.75) is 0 Å². The van der Waals surface area contributed by atoms with E-state index in [1.807, 2.05) is 12.1 Å². The molecule has 2 N–H and O–H groups in total. The lowest BCUT2D eigenvalue weighted by Gasteiger charge is -2.03. The lowest BCUT2D eigenvalue weighted by atomic mass is 10.1. The van der Waals surface area contributed by atoms with Gasteiger partial charge in [-0.3, -0.25) is 4.79 Å². The molecule has 0 spiro atoms. The predicted molar refractivity (Wildman–Crippen MR) is 115 cm³/mol. The molecule has 0 fully saturated rings. The molecule has 5 aromatic rings. The van der Waals surface area contributed by atoms with Gasteiger partial charge in [-0.05, 0) is 24.3 Å². The van der Waals surface area contributed by atoms with Gasteiger partial charge in [0, 0.05) is 21.7 Å². The summed E-state index contributed by atoms with van der Waals surface area (Å²) in [5.74, 6) is -1.38. The second-order valence-electron chi connectivity index (χ2n) is 6.71. The first-order valence-corrected chi connectivity index (χ1v) is 10.0. The highest BCUT2D eigenvalue weighted by Crippen LogP contribution is 2.39. The number of rotatable bonds is 4. The van der Waals surface area contributed by atoms with E-state index in [1.54, 1.807) is 47.8 Å². The summed E-state index contributed by atoms with van der Waals surface area (Å²) in [7, 11) is 0. The number of amides is 1. The summed E-state index contributed by atoms with van der Waals surface area (Å²) in [5.41, 5.74) is 1.53. The Hall–Kier alpha value is -4.35. The van der Waals surface area contributed by atoms with Gasteiger partial charge in [-0.15, -0.1) is 11.3 Å². The number of carboxylic acids is 1. The van der Waals surface area contributed by atoms with Gasteiger partial charge in [0.25, 0.3) is 5.91 Å². The van der Waals surface area contributed by atoms with Gasteiger partial charge in [0.1, 0.15) is 28.0 Å². The van der Waals surface area contributed by atoms with Crippen molar-refractivity contribution >= 4 is 50.2 Å². The van der Waals surface area contributed by atoms with Gasteiger partial charge < -0.3 is 19.3 Å². The molecule has 31 heavy (non-hydrogen) atoms. The minimum Gasteiger partial charge on any atom is -0.478 e. The van der Waals surface area contributed by atoms with Crippen molar-refractivity contribution in [2.75, 3.05) is 5.32 Å². The van der Waals surface area contributed by atoms with Crippen LogP contribution in [-0.2, 0) is 0 Å². The zero-order chi connectivity index (χ0) is 21.5. The number of furan rings is 2. The molecule has 0 aliphatic rings. The van der Waals surface area contributed by atoms with Crippen LogP contribution in [0.3, 0.4) is 0 Å². The third-order valence-electron chi connectivity index (χ3n) is 4.81. The Morgan fingerprint density at radius 1 is 1.03 bits per heavy atom. The van der Waals surface area contributed by atoms with Crippen LogP contribution in [0.1, 0.15) is 26.5 Å². The van der Waals surface area contributed by atoms with Gasteiger partial charge in [-0.2, -0.15) is 5.26 Å². The second-order valence-corrected chi connectivity index (χ2v) is 7.59. The van der Waals surface area contributed by atoms with Crippen LogP contribution in [-0.4, -0.2) is 17.0 Å². The molecule has 0 aliphatic carbocycles. The summed E-state index contributed by atoms with van der Waals surface area (Å²) >= 11 is 1.07. The minimum absolute atomic E-state index is 0.0786. The number of carbonyl (C=O) groups excluding carboxylic acids is 1. The molecule has 0 radical (unpaired) electrons. The molecule has 0 saturated heterocycles. The fourth-order valence-corrected chi connectivity index (χ4v) is 4.32. The standard InChI is InChI=1S/C23H12N2O5S/c24-10-14-6-3-5-13-9-17(30-20(13)14)15-11-31-22(19(15)23(27)28)25-21(26)18-8-12-4-1-2-7-16(12)29-18/h1-9,11H,(H,25,26)(H,27,28). The summed E-state index contributed by atoms with van der Waals surface area (Å²) in [6.45, 7) is 0. The molecular formula is C23H12N2O5S. The normalized spacial score (nSPS) is 10.9. The summed E-state index contributed by atoms with van der Waals surface area (Å²) in [5, 5.41) is 24.9.